The molecule has 3 rings (SSSR count). The van der Waals surface area contributed by atoms with E-state index in [0.29, 0.717) is 0 Å². The zero-order valence-corrected chi connectivity index (χ0v) is 12.5. The third kappa shape index (κ3) is 5.14. The maximum absolute atomic E-state index is 8.49. The number of halogens is 2. The maximum Gasteiger partial charge on any atom is 0.409 e. The molecule has 0 saturated heterocycles. The van der Waals surface area contributed by atoms with Gasteiger partial charge in [-0.15, -0.1) is 10.2 Å². The average molecular weight is 348 g/mol. The minimum atomic E-state index is -4.94. The first-order valence-corrected chi connectivity index (χ1v) is 7.82. The molecule has 110 valence electrons. The lowest BCUT2D eigenvalue weighted by Crippen LogP contribution is -2.68. The van der Waals surface area contributed by atoms with Crippen LogP contribution in [0.15, 0.2) is 42.0 Å². The molecule has 0 unspecified atom stereocenters. The van der Waals surface area contributed by atoms with Crippen LogP contribution in [0.1, 0.15) is 0 Å². The highest BCUT2D eigenvalue weighted by Crippen LogP contribution is 2.19. The van der Waals surface area contributed by atoms with Gasteiger partial charge in [-0.2, -0.15) is 0 Å². The summed E-state index contributed by atoms with van der Waals surface area (Å²) in [5.74, 6) is 0. The molecule has 21 heavy (non-hydrogen) atoms. The Morgan fingerprint density at radius 2 is 1.67 bits per heavy atom. The molecule has 2 heterocycles. The Balaban J connectivity index is 0.000000282. The van der Waals surface area contributed by atoms with Gasteiger partial charge >= 0.3 is 4.96 Å². The normalized spacial score (nSPS) is 11.1. The molecule has 0 aliphatic heterocycles. The quantitative estimate of drug-likeness (QED) is 0.462. The van der Waals surface area contributed by atoms with Crippen LogP contribution in [0, 0.1) is 10.2 Å². The SMILES string of the molecule is Clc1ccc(-c2cc[n+]3ncsc3n2)cc1.[O-][Cl+3]([O-])([O-])[O-]. The number of fused-ring (bicyclic) bond motifs is 1. The molecular weight excluding hydrogens is 341 g/mol. The lowest BCUT2D eigenvalue weighted by molar-refractivity contribution is -2.00. The fraction of sp³-hybridized carbons (Fsp3) is 0. The van der Waals surface area contributed by atoms with Crippen molar-refractivity contribution in [2.45, 2.75) is 0 Å². The second kappa shape index (κ2) is 6.58. The number of hydrogen-bond acceptors (Lipinski definition) is 7. The molecule has 0 N–H and O–H groups in total. The van der Waals surface area contributed by atoms with Crippen molar-refractivity contribution in [1.82, 2.24) is 10.1 Å². The van der Waals surface area contributed by atoms with Crippen molar-refractivity contribution < 1.29 is 33.4 Å². The van der Waals surface area contributed by atoms with E-state index in [0.717, 1.165) is 21.2 Å². The van der Waals surface area contributed by atoms with Crippen LogP contribution in [0.3, 0.4) is 0 Å². The zero-order chi connectivity index (χ0) is 15.5. The van der Waals surface area contributed by atoms with Crippen LogP contribution < -0.4 is 23.2 Å². The molecule has 0 saturated carbocycles. The third-order valence-corrected chi connectivity index (χ3v) is 3.20. The summed E-state index contributed by atoms with van der Waals surface area (Å²) in [5, 5.41) is 4.85. The van der Waals surface area contributed by atoms with Crippen molar-refractivity contribution >= 4 is 27.9 Å². The zero-order valence-electron chi connectivity index (χ0n) is 10.2. The fourth-order valence-electron chi connectivity index (χ4n) is 1.47. The van der Waals surface area contributed by atoms with Gasteiger partial charge in [0.1, 0.15) is 11.7 Å². The minimum absolute atomic E-state index is 0.733. The van der Waals surface area contributed by atoms with Crippen LogP contribution in [0.25, 0.3) is 16.2 Å². The smallest absolute Gasteiger partial charge is 0.222 e. The van der Waals surface area contributed by atoms with Crippen LogP contribution in [0.2, 0.25) is 5.02 Å². The van der Waals surface area contributed by atoms with E-state index in [1.165, 1.54) is 11.3 Å². The van der Waals surface area contributed by atoms with Crippen molar-refractivity contribution in [2.75, 3.05) is 0 Å². The van der Waals surface area contributed by atoms with E-state index in [2.05, 4.69) is 10.1 Å². The number of aromatic nitrogens is 3. The lowest BCUT2D eigenvalue weighted by atomic mass is 10.1. The van der Waals surface area contributed by atoms with E-state index >= 15 is 0 Å². The molecule has 0 spiro atoms. The van der Waals surface area contributed by atoms with Gasteiger partial charge in [-0.25, -0.2) is 18.6 Å². The maximum atomic E-state index is 8.49. The van der Waals surface area contributed by atoms with Gasteiger partial charge in [0.25, 0.3) is 0 Å². The van der Waals surface area contributed by atoms with Crippen LogP contribution >= 0.6 is 22.9 Å². The van der Waals surface area contributed by atoms with Gasteiger partial charge in [0.15, 0.2) is 5.69 Å². The van der Waals surface area contributed by atoms with E-state index < -0.39 is 10.2 Å². The van der Waals surface area contributed by atoms with Gasteiger partial charge in [-0.3, -0.25) is 0 Å². The van der Waals surface area contributed by atoms with Crippen LogP contribution in [-0.4, -0.2) is 10.1 Å². The first-order valence-electron chi connectivity index (χ1n) is 5.33. The Hall–Kier alpha value is -1.39. The molecule has 7 nitrogen and oxygen atoms in total. The van der Waals surface area contributed by atoms with E-state index in [-0.39, 0.29) is 0 Å². The van der Waals surface area contributed by atoms with Gasteiger partial charge in [-0.05, 0) is 40.6 Å². The van der Waals surface area contributed by atoms with E-state index in [1.54, 1.807) is 10.0 Å². The van der Waals surface area contributed by atoms with Crippen molar-refractivity contribution in [3.8, 4) is 11.3 Å². The second-order valence-corrected chi connectivity index (χ2v) is 5.67. The predicted molar refractivity (Wildman–Crippen MR) is 63.5 cm³/mol. The van der Waals surface area contributed by atoms with Gasteiger partial charge in [0, 0.05) is 16.7 Å². The highest BCUT2D eigenvalue weighted by molar-refractivity contribution is 7.14. The molecule has 0 aliphatic carbocycles. The third-order valence-electron chi connectivity index (χ3n) is 2.26. The molecule has 0 atom stereocenters. The minimum Gasteiger partial charge on any atom is -0.222 e. The predicted octanol–water partition coefficient (Wildman–Crippen LogP) is -2.16. The molecule has 0 aliphatic rings. The van der Waals surface area contributed by atoms with Gasteiger partial charge in [0.2, 0.25) is 0 Å². The molecule has 0 radical (unpaired) electrons. The Morgan fingerprint density at radius 3 is 2.29 bits per heavy atom. The molecule has 0 amide bonds. The lowest BCUT2D eigenvalue weighted by Gasteiger charge is -2.17. The molecule has 3 aromatic rings. The molecular formula is C11H7Cl2N3O4S. The number of benzene rings is 1. The molecule has 1 aromatic carbocycles. The van der Waals surface area contributed by atoms with Crippen LogP contribution in [0.4, 0.5) is 0 Å². The summed E-state index contributed by atoms with van der Waals surface area (Å²) in [7, 11) is -4.94. The van der Waals surface area contributed by atoms with Crippen molar-refractivity contribution in [3.05, 3.63) is 47.1 Å². The molecule has 10 heteroatoms. The molecule has 2 aromatic heterocycles. The highest BCUT2D eigenvalue weighted by atomic mass is 35.7. The van der Waals surface area contributed by atoms with Gasteiger partial charge in [-0.1, -0.05) is 21.2 Å². The van der Waals surface area contributed by atoms with E-state index in [9.17, 15) is 0 Å². The Kier molecular flexibility index (Phi) is 5.01. The number of hydrogen-bond donors (Lipinski definition) is 0. The van der Waals surface area contributed by atoms with E-state index in [1.807, 2.05) is 36.5 Å². The monoisotopic (exact) mass is 347 g/mol. The summed E-state index contributed by atoms with van der Waals surface area (Å²) in [4.78, 5) is 5.39. The standard InChI is InChI=1S/C11H7ClN3S.ClHO4/c12-9-3-1-8(2-4-9)10-5-6-15-11(14-10)16-7-13-15;2-1(3,4)5/h1-7H;(H,2,3,4,5)/q+1;/p-1. The first kappa shape index (κ1) is 16.0. The summed E-state index contributed by atoms with van der Waals surface area (Å²) < 4.78 is 35.7. The average Bonchev–Trinajstić information content (AvgIpc) is 2.84. The van der Waals surface area contributed by atoms with Gasteiger partial charge in [0.05, 0.1) is 0 Å². The number of nitrogens with zero attached hydrogens (tertiary/aromatic N) is 3. The second-order valence-electron chi connectivity index (χ2n) is 3.66. The summed E-state index contributed by atoms with van der Waals surface area (Å²) in [6.07, 6.45) is 1.91. The Morgan fingerprint density at radius 1 is 1.05 bits per heavy atom. The van der Waals surface area contributed by atoms with Crippen LogP contribution in [-0.2, 0) is 0 Å². The first-order chi connectivity index (χ1) is 9.83. The summed E-state index contributed by atoms with van der Waals surface area (Å²) in [5.41, 5.74) is 3.76. The van der Waals surface area contributed by atoms with Crippen molar-refractivity contribution in [3.63, 3.8) is 0 Å². The summed E-state index contributed by atoms with van der Waals surface area (Å²) in [6.45, 7) is 0. The van der Waals surface area contributed by atoms with Crippen molar-refractivity contribution in [2.24, 2.45) is 0 Å². The topological polar surface area (TPSA) is 122 Å². The largest absolute Gasteiger partial charge is 0.409 e. The Labute approximate surface area is 130 Å². The highest BCUT2D eigenvalue weighted by Gasteiger charge is 2.11. The Bertz CT molecular complexity index is 724. The summed E-state index contributed by atoms with van der Waals surface area (Å²) >= 11 is 7.36. The molecule has 0 fully saturated rings. The van der Waals surface area contributed by atoms with Crippen LogP contribution in [0.5, 0.6) is 0 Å². The fourth-order valence-corrected chi connectivity index (χ4v) is 2.20. The number of rotatable bonds is 1. The summed E-state index contributed by atoms with van der Waals surface area (Å²) in [6, 6.07) is 9.59. The van der Waals surface area contributed by atoms with Crippen molar-refractivity contribution in [1.29, 1.82) is 0 Å². The van der Waals surface area contributed by atoms with Gasteiger partial charge < -0.3 is 0 Å². The van der Waals surface area contributed by atoms with E-state index in [4.69, 9.17) is 30.2 Å². The molecule has 0 bridgehead atoms.